The Morgan fingerprint density at radius 1 is 1.22 bits per heavy atom. The number of H-pyrrole nitrogens is 1. The van der Waals surface area contributed by atoms with Gasteiger partial charge in [-0.3, -0.25) is 9.59 Å². The second-order valence-corrected chi connectivity index (χ2v) is 8.68. The number of aryl methyl sites for hydroxylation is 1. The van der Waals surface area contributed by atoms with E-state index in [9.17, 15) is 27.2 Å². The molecule has 9 nitrogen and oxygen atoms in total. The van der Waals surface area contributed by atoms with Gasteiger partial charge < -0.3 is 19.4 Å². The molecule has 0 radical (unpaired) electrons. The van der Waals surface area contributed by atoms with E-state index in [4.69, 9.17) is 9.47 Å². The third kappa shape index (κ3) is 5.15. The van der Waals surface area contributed by atoms with Gasteiger partial charge in [-0.15, -0.1) is 0 Å². The molecule has 0 aliphatic carbocycles. The van der Waals surface area contributed by atoms with Gasteiger partial charge in [-0.1, -0.05) is 0 Å². The van der Waals surface area contributed by atoms with Crippen LogP contribution in [0.3, 0.4) is 0 Å². The van der Waals surface area contributed by atoms with Gasteiger partial charge in [0.15, 0.2) is 17.2 Å². The standard InChI is InChI=1S/C23H23F4N5O4/c1-10-8-32(9-11(2)35-10)22(34)14-5-17(24)21(28-7-14)36-12(3)15-6-16-19(29-13(4)30-20(16)33)31-18(15)23(25,26)27/h5-7,10-12H,8-9H2,1-4H3,(H,29,30,31,33)/t10-,11+,12?. The van der Waals surface area contributed by atoms with E-state index in [1.54, 1.807) is 0 Å². The third-order valence-electron chi connectivity index (χ3n) is 5.60. The predicted molar refractivity (Wildman–Crippen MR) is 119 cm³/mol. The number of aromatic nitrogens is 4. The van der Waals surface area contributed by atoms with Crippen LogP contribution < -0.4 is 10.3 Å². The van der Waals surface area contributed by atoms with Crippen molar-refractivity contribution in [2.24, 2.45) is 0 Å². The molecule has 4 heterocycles. The Kier molecular flexibility index (Phi) is 6.69. The van der Waals surface area contributed by atoms with E-state index in [1.807, 2.05) is 13.8 Å². The van der Waals surface area contributed by atoms with Crippen LogP contribution in [0, 0.1) is 12.7 Å². The number of nitrogens with one attached hydrogen (secondary N) is 1. The molecule has 0 saturated carbocycles. The zero-order valence-corrected chi connectivity index (χ0v) is 19.8. The number of hydrogen-bond donors (Lipinski definition) is 1. The van der Waals surface area contributed by atoms with E-state index in [0.717, 1.165) is 18.3 Å². The zero-order chi connectivity index (χ0) is 26.4. The summed E-state index contributed by atoms with van der Waals surface area (Å²) in [6.45, 7) is 6.93. The van der Waals surface area contributed by atoms with Crippen molar-refractivity contribution in [1.82, 2.24) is 24.8 Å². The van der Waals surface area contributed by atoms with Crippen molar-refractivity contribution in [2.45, 2.75) is 52.2 Å². The minimum atomic E-state index is -4.89. The van der Waals surface area contributed by atoms with Crippen LogP contribution in [0.25, 0.3) is 11.0 Å². The molecule has 4 rings (SSSR count). The highest BCUT2D eigenvalue weighted by Gasteiger charge is 2.38. The van der Waals surface area contributed by atoms with Gasteiger partial charge in [0.25, 0.3) is 17.3 Å². The predicted octanol–water partition coefficient (Wildman–Crippen LogP) is 3.57. The molecular formula is C23H23F4N5O4. The summed E-state index contributed by atoms with van der Waals surface area (Å²) in [6, 6.07) is 1.89. The van der Waals surface area contributed by atoms with Crippen LogP contribution in [0.4, 0.5) is 17.6 Å². The molecule has 1 amide bonds. The van der Waals surface area contributed by atoms with Crippen molar-refractivity contribution in [2.75, 3.05) is 13.1 Å². The SMILES string of the molecule is Cc1nc2nc(C(F)(F)F)c(C(C)Oc3ncc(C(=O)N4C[C@@H](C)O[C@@H](C)C4)cc3F)cc2c(=O)[nH]1. The molecule has 3 aromatic heterocycles. The molecule has 1 fully saturated rings. The fraction of sp³-hybridized carbons (Fsp3) is 0.435. The molecule has 3 aromatic rings. The van der Waals surface area contributed by atoms with Gasteiger partial charge in [0.05, 0.1) is 23.2 Å². The second-order valence-electron chi connectivity index (χ2n) is 8.68. The smallest absolute Gasteiger partial charge is 0.433 e. The van der Waals surface area contributed by atoms with Gasteiger partial charge in [-0.05, 0) is 39.8 Å². The number of ether oxygens (including phenoxy) is 2. The highest BCUT2D eigenvalue weighted by atomic mass is 19.4. The highest BCUT2D eigenvalue weighted by molar-refractivity contribution is 5.94. The first-order valence-corrected chi connectivity index (χ1v) is 11.1. The molecule has 13 heteroatoms. The molecule has 1 aliphatic rings. The van der Waals surface area contributed by atoms with Gasteiger partial charge in [0, 0.05) is 24.8 Å². The molecule has 0 bridgehead atoms. The average molecular weight is 509 g/mol. The number of halogens is 4. The van der Waals surface area contributed by atoms with Crippen LogP contribution in [0.5, 0.6) is 5.88 Å². The first kappa shape index (κ1) is 25.5. The average Bonchev–Trinajstić information content (AvgIpc) is 2.77. The normalized spacial score (nSPS) is 19.4. The maximum atomic E-state index is 14.8. The van der Waals surface area contributed by atoms with Gasteiger partial charge in [0.2, 0.25) is 0 Å². The first-order chi connectivity index (χ1) is 16.8. The number of carbonyl (C=O) groups excluding carboxylic acids is 1. The number of alkyl halides is 3. The second kappa shape index (κ2) is 9.45. The van der Waals surface area contributed by atoms with Crippen LogP contribution >= 0.6 is 0 Å². The van der Waals surface area contributed by atoms with E-state index < -0.39 is 46.7 Å². The molecule has 192 valence electrons. The molecule has 0 spiro atoms. The number of fused-ring (bicyclic) bond motifs is 1. The third-order valence-corrected chi connectivity index (χ3v) is 5.60. The van der Waals surface area contributed by atoms with Gasteiger partial charge in [-0.2, -0.15) is 13.2 Å². The fourth-order valence-electron chi connectivity index (χ4n) is 4.11. The molecule has 0 aromatic carbocycles. The van der Waals surface area contributed by atoms with Crippen LogP contribution in [0.1, 0.15) is 54.3 Å². The van der Waals surface area contributed by atoms with Crippen LogP contribution in [-0.4, -0.2) is 56.0 Å². The Labute approximate surface area is 202 Å². The summed E-state index contributed by atoms with van der Waals surface area (Å²) in [7, 11) is 0. The molecule has 36 heavy (non-hydrogen) atoms. The van der Waals surface area contributed by atoms with Crippen molar-refractivity contribution in [3.63, 3.8) is 0 Å². The fourth-order valence-corrected chi connectivity index (χ4v) is 4.11. The molecule has 1 unspecified atom stereocenters. The van der Waals surface area contributed by atoms with Gasteiger partial charge >= 0.3 is 6.18 Å². The summed E-state index contributed by atoms with van der Waals surface area (Å²) in [5, 5.41) is -0.178. The number of hydrogen-bond acceptors (Lipinski definition) is 7. The number of carbonyl (C=O) groups is 1. The van der Waals surface area contributed by atoms with E-state index >= 15 is 0 Å². The lowest BCUT2D eigenvalue weighted by Gasteiger charge is -2.35. The largest absolute Gasteiger partial charge is 0.468 e. The zero-order valence-electron chi connectivity index (χ0n) is 19.8. The van der Waals surface area contributed by atoms with E-state index in [1.165, 1.54) is 18.7 Å². The van der Waals surface area contributed by atoms with Crippen molar-refractivity contribution in [3.05, 3.63) is 57.1 Å². The van der Waals surface area contributed by atoms with Crippen LogP contribution in [0.2, 0.25) is 0 Å². The van der Waals surface area contributed by atoms with E-state index in [2.05, 4.69) is 19.9 Å². The summed E-state index contributed by atoms with van der Waals surface area (Å²) >= 11 is 0. The number of amides is 1. The summed E-state index contributed by atoms with van der Waals surface area (Å²) in [4.78, 5) is 40.2. The van der Waals surface area contributed by atoms with E-state index in [-0.39, 0.29) is 34.6 Å². The maximum Gasteiger partial charge on any atom is 0.433 e. The Hall–Kier alpha value is -3.61. The lowest BCUT2D eigenvalue weighted by atomic mass is 10.1. The highest BCUT2D eigenvalue weighted by Crippen LogP contribution is 2.36. The van der Waals surface area contributed by atoms with Crippen LogP contribution in [-0.2, 0) is 10.9 Å². The Morgan fingerprint density at radius 3 is 2.50 bits per heavy atom. The van der Waals surface area contributed by atoms with Crippen molar-refractivity contribution in [1.29, 1.82) is 0 Å². The van der Waals surface area contributed by atoms with Crippen molar-refractivity contribution in [3.8, 4) is 5.88 Å². The Balaban J connectivity index is 1.63. The first-order valence-electron chi connectivity index (χ1n) is 11.1. The van der Waals surface area contributed by atoms with Crippen molar-refractivity contribution < 1.29 is 31.8 Å². The number of pyridine rings is 2. The topological polar surface area (TPSA) is 110 Å². The lowest BCUT2D eigenvalue weighted by Crippen LogP contribution is -2.48. The van der Waals surface area contributed by atoms with Crippen LogP contribution in [0.15, 0.2) is 23.1 Å². The number of rotatable bonds is 4. The molecular weight excluding hydrogens is 486 g/mol. The number of nitrogens with zero attached hydrogens (tertiary/aromatic N) is 4. The monoisotopic (exact) mass is 509 g/mol. The molecule has 3 atom stereocenters. The van der Waals surface area contributed by atoms with Crippen molar-refractivity contribution >= 4 is 16.9 Å². The quantitative estimate of drug-likeness (QED) is 0.536. The Bertz CT molecular complexity index is 1370. The maximum absolute atomic E-state index is 14.8. The molecule has 1 N–H and O–H groups in total. The van der Waals surface area contributed by atoms with Gasteiger partial charge in [0.1, 0.15) is 11.9 Å². The summed E-state index contributed by atoms with van der Waals surface area (Å²) < 4.78 is 67.1. The Morgan fingerprint density at radius 2 is 1.89 bits per heavy atom. The minimum Gasteiger partial charge on any atom is -0.468 e. The lowest BCUT2D eigenvalue weighted by molar-refractivity contribution is -0.142. The molecule has 1 saturated heterocycles. The summed E-state index contributed by atoms with van der Waals surface area (Å²) in [5.74, 6) is -1.98. The minimum absolute atomic E-state index is 0.0369. The number of morpholine rings is 1. The van der Waals surface area contributed by atoms with E-state index in [0.29, 0.717) is 13.1 Å². The summed E-state index contributed by atoms with van der Waals surface area (Å²) in [6.07, 6.45) is -5.58. The number of aromatic amines is 1. The van der Waals surface area contributed by atoms with Gasteiger partial charge in [-0.25, -0.2) is 19.3 Å². The molecule has 1 aliphatic heterocycles. The summed E-state index contributed by atoms with van der Waals surface area (Å²) in [5.41, 5.74) is -2.90.